The number of likely N-dealkylation sites (N-methyl/N-ethyl adjacent to an activating group) is 1. The minimum atomic E-state index is -2.67. The maximum atomic E-state index is 13.2. The van der Waals surface area contributed by atoms with E-state index in [0.29, 0.717) is 44.0 Å². The summed E-state index contributed by atoms with van der Waals surface area (Å²) in [5.74, 6) is -4.69. The van der Waals surface area contributed by atoms with Crippen molar-refractivity contribution in [3.8, 4) is 0 Å². The van der Waals surface area contributed by atoms with E-state index in [2.05, 4.69) is 10.6 Å². The Kier molecular flexibility index (Phi) is 17.7. The van der Waals surface area contributed by atoms with Crippen molar-refractivity contribution >= 4 is 29.8 Å². The van der Waals surface area contributed by atoms with Gasteiger partial charge < -0.3 is 35.3 Å². The number of hydrogen-bond acceptors (Lipinski definition) is 7. The number of hydrogen-bond donors (Lipinski definition) is 3. The number of urea groups is 1. The smallest absolute Gasteiger partial charge is 0.550 e. The van der Waals surface area contributed by atoms with Gasteiger partial charge in [0.1, 0.15) is 0 Å². The summed E-state index contributed by atoms with van der Waals surface area (Å²) in [5, 5.41) is 23.9. The molecule has 4 amide bonds. The van der Waals surface area contributed by atoms with Gasteiger partial charge in [-0.1, -0.05) is 6.92 Å². The summed E-state index contributed by atoms with van der Waals surface area (Å²) < 4.78 is 5.40. The van der Waals surface area contributed by atoms with Crippen molar-refractivity contribution in [2.45, 2.75) is 65.0 Å². The van der Waals surface area contributed by atoms with Crippen LogP contribution in [-0.4, -0.2) is 96.2 Å². The second kappa shape index (κ2) is 17.5. The molecular formula is C21H37N4NaO8. The first-order valence-electron chi connectivity index (χ1n) is 11.0. The van der Waals surface area contributed by atoms with Gasteiger partial charge in [0.25, 0.3) is 17.4 Å². The molecule has 190 valence electrons. The largest absolute Gasteiger partial charge is 1.00 e. The van der Waals surface area contributed by atoms with Gasteiger partial charge in [0.15, 0.2) is 0 Å². The molecule has 0 spiro atoms. The number of carboxylic acid groups (broad SMARTS) is 2. The minimum absolute atomic E-state index is 0. The normalized spacial score (nSPS) is 14.1. The van der Waals surface area contributed by atoms with E-state index in [9.17, 15) is 24.3 Å². The number of aliphatic carboxylic acids is 2. The average molecular weight is 497 g/mol. The standard InChI is InChI=1S/C19H34N4O6.C2H4O2.Na/c1-5-9-21-18(28)22(4)19(17(26)27,16(25)23-11-6-7-12-23)15(24)20-10-8-13-29-14(2)3;1-2(3)4;/h14H,5-13H2,1-4H3,(H,20,24)(H,21,28)(H,26,27);1H3,(H,3,4);/q;;+1/p-1. The van der Waals surface area contributed by atoms with Gasteiger partial charge in [0.05, 0.1) is 6.10 Å². The maximum Gasteiger partial charge on any atom is 1.00 e. The Morgan fingerprint density at radius 1 is 1.12 bits per heavy atom. The van der Waals surface area contributed by atoms with Gasteiger partial charge in [0, 0.05) is 45.8 Å². The first-order chi connectivity index (χ1) is 15.4. The average Bonchev–Trinajstić information content (AvgIpc) is 3.26. The van der Waals surface area contributed by atoms with Crippen LogP contribution in [0.4, 0.5) is 4.79 Å². The van der Waals surface area contributed by atoms with Gasteiger partial charge in [0.2, 0.25) is 0 Å². The van der Waals surface area contributed by atoms with Gasteiger partial charge in [-0.25, -0.2) is 9.59 Å². The van der Waals surface area contributed by atoms with Crippen LogP contribution in [0.2, 0.25) is 0 Å². The zero-order valence-corrected chi connectivity index (χ0v) is 23.1. The summed E-state index contributed by atoms with van der Waals surface area (Å²) >= 11 is 0. The molecule has 12 nitrogen and oxygen atoms in total. The molecule has 0 aromatic heterocycles. The molecule has 13 heteroatoms. The summed E-state index contributed by atoms with van der Waals surface area (Å²) in [4.78, 5) is 61.9. The molecule has 3 N–H and O–H groups in total. The molecule has 0 radical (unpaired) electrons. The molecule has 1 aliphatic rings. The number of rotatable bonds is 11. The molecule has 0 aliphatic carbocycles. The fraction of sp³-hybridized carbons (Fsp3) is 0.762. The number of carbonyl (C=O) groups is 5. The van der Waals surface area contributed by atoms with E-state index in [0.717, 1.165) is 26.8 Å². The second-order valence-corrected chi connectivity index (χ2v) is 7.83. The van der Waals surface area contributed by atoms with Crippen LogP contribution in [0.25, 0.3) is 0 Å². The van der Waals surface area contributed by atoms with Crippen molar-refractivity contribution in [3.63, 3.8) is 0 Å². The van der Waals surface area contributed by atoms with E-state index in [4.69, 9.17) is 14.6 Å². The second-order valence-electron chi connectivity index (χ2n) is 7.83. The van der Waals surface area contributed by atoms with Gasteiger partial charge in [-0.05, 0) is 46.5 Å². The quantitative estimate of drug-likeness (QED) is 0.149. The third-order valence-corrected chi connectivity index (χ3v) is 4.73. The topological polar surface area (TPSA) is 168 Å². The van der Waals surface area contributed by atoms with E-state index < -0.39 is 35.3 Å². The van der Waals surface area contributed by atoms with E-state index in [1.807, 2.05) is 20.8 Å². The molecule has 1 rings (SSSR count). The molecule has 0 aromatic carbocycles. The number of ether oxygens (including phenoxy) is 1. The van der Waals surface area contributed by atoms with Crippen molar-refractivity contribution in [1.29, 1.82) is 0 Å². The molecular weight excluding hydrogens is 459 g/mol. The predicted octanol–water partition coefficient (Wildman–Crippen LogP) is -3.82. The molecule has 1 unspecified atom stereocenters. The van der Waals surface area contributed by atoms with Crippen LogP contribution in [0.5, 0.6) is 0 Å². The van der Waals surface area contributed by atoms with Crippen molar-refractivity contribution in [3.05, 3.63) is 0 Å². The van der Waals surface area contributed by atoms with E-state index in [1.54, 1.807) is 0 Å². The SMILES string of the molecule is CC(=O)[O-].CCCNC(=O)N(C)C(C(=O)O)(C(=O)NCCCOC(C)C)C(=O)N1CCCC1.[Na+]. The van der Waals surface area contributed by atoms with Crippen LogP contribution >= 0.6 is 0 Å². The van der Waals surface area contributed by atoms with E-state index in [-0.39, 0.29) is 42.2 Å². The Hall–Kier alpha value is -1.89. The predicted molar refractivity (Wildman–Crippen MR) is 117 cm³/mol. The first kappa shape index (κ1) is 34.3. The molecule has 0 aromatic rings. The number of nitrogens with one attached hydrogen (secondary N) is 2. The van der Waals surface area contributed by atoms with Gasteiger partial charge >= 0.3 is 41.6 Å². The van der Waals surface area contributed by atoms with Crippen molar-refractivity contribution in [1.82, 2.24) is 20.4 Å². The van der Waals surface area contributed by atoms with Crippen LogP contribution in [0, 0.1) is 0 Å². The third kappa shape index (κ3) is 10.6. The number of amides is 4. The number of carbonyl (C=O) groups excluding carboxylic acids is 4. The number of carboxylic acids is 2. The minimum Gasteiger partial charge on any atom is -0.550 e. The number of nitrogens with zero attached hydrogens (tertiary/aromatic N) is 2. The molecule has 1 heterocycles. The molecule has 1 fully saturated rings. The van der Waals surface area contributed by atoms with Gasteiger partial charge in [-0.15, -0.1) is 0 Å². The monoisotopic (exact) mass is 496 g/mol. The van der Waals surface area contributed by atoms with Crippen LogP contribution in [-0.2, 0) is 23.9 Å². The summed E-state index contributed by atoms with van der Waals surface area (Å²) in [6.45, 7) is 8.08. The summed E-state index contributed by atoms with van der Waals surface area (Å²) in [6.07, 6.45) is 2.56. The van der Waals surface area contributed by atoms with Crippen LogP contribution in [0.3, 0.4) is 0 Å². The van der Waals surface area contributed by atoms with Crippen LogP contribution < -0.4 is 45.3 Å². The summed E-state index contributed by atoms with van der Waals surface area (Å²) in [7, 11) is 1.16. The van der Waals surface area contributed by atoms with Gasteiger partial charge in [-0.3, -0.25) is 14.5 Å². The summed E-state index contributed by atoms with van der Waals surface area (Å²) in [5.41, 5.74) is -2.67. The molecule has 0 saturated carbocycles. The molecule has 1 saturated heterocycles. The Bertz CT molecular complexity index is 682. The molecule has 0 bridgehead atoms. The fourth-order valence-electron chi connectivity index (χ4n) is 3.10. The molecule has 1 atom stereocenters. The van der Waals surface area contributed by atoms with Crippen molar-refractivity contribution in [2.24, 2.45) is 0 Å². The molecule has 34 heavy (non-hydrogen) atoms. The van der Waals surface area contributed by atoms with Crippen molar-refractivity contribution in [2.75, 3.05) is 39.8 Å². The van der Waals surface area contributed by atoms with Gasteiger partial charge in [-0.2, -0.15) is 0 Å². The maximum absolute atomic E-state index is 13.2. The Labute approximate surface area is 223 Å². The third-order valence-electron chi connectivity index (χ3n) is 4.73. The Morgan fingerprint density at radius 3 is 2.09 bits per heavy atom. The zero-order valence-electron chi connectivity index (χ0n) is 21.1. The van der Waals surface area contributed by atoms with Crippen LogP contribution in [0.15, 0.2) is 0 Å². The fourth-order valence-corrected chi connectivity index (χ4v) is 3.10. The molecule has 1 aliphatic heterocycles. The van der Waals surface area contributed by atoms with Crippen molar-refractivity contribution < 1.29 is 68.5 Å². The van der Waals surface area contributed by atoms with E-state index >= 15 is 0 Å². The zero-order chi connectivity index (χ0) is 25.6. The summed E-state index contributed by atoms with van der Waals surface area (Å²) in [6, 6.07) is -0.792. The van der Waals surface area contributed by atoms with Crippen LogP contribution in [0.1, 0.15) is 53.4 Å². The van der Waals surface area contributed by atoms with E-state index in [1.165, 1.54) is 4.90 Å². The number of likely N-dealkylation sites (tertiary alicyclic amines) is 1. The Morgan fingerprint density at radius 2 is 1.65 bits per heavy atom. The first-order valence-corrected chi connectivity index (χ1v) is 11.0. The Balaban J connectivity index is 0.